The number of ether oxygens (including phenoxy) is 1. The zero-order valence-electron chi connectivity index (χ0n) is 10.4. The molecule has 0 unspecified atom stereocenters. The molecule has 0 amide bonds. The largest absolute Gasteiger partial charge is 0.488 e. The Bertz CT molecular complexity index is 608. The first kappa shape index (κ1) is 13.6. The topological polar surface area (TPSA) is 46.5 Å². The zero-order chi connectivity index (χ0) is 13.8. The van der Waals surface area contributed by atoms with Gasteiger partial charge in [0.15, 0.2) is 0 Å². The number of aromatic carboxylic acids is 1. The van der Waals surface area contributed by atoms with E-state index < -0.39 is 5.97 Å². The molecule has 0 bridgehead atoms. The monoisotopic (exact) mass is 320 g/mol. The van der Waals surface area contributed by atoms with E-state index in [9.17, 15) is 4.79 Å². The van der Waals surface area contributed by atoms with E-state index in [1.165, 1.54) is 6.07 Å². The minimum Gasteiger partial charge on any atom is -0.488 e. The Morgan fingerprint density at radius 2 is 2.00 bits per heavy atom. The molecule has 0 aliphatic carbocycles. The zero-order valence-corrected chi connectivity index (χ0v) is 12.0. The Balaban J connectivity index is 2.20. The molecule has 19 heavy (non-hydrogen) atoms. The maximum atomic E-state index is 11.2. The van der Waals surface area contributed by atoms with Crippen LogP contribution in [0.15, 0.2) is 46.9 Å². The van der Waals surface area contributed by atoms with Crippen LogP contribution in [0.2, 0.25) is 0 Å². The second-order valence-electron chi connectivity index (χ2n) is 4.16. The van der Waals surface area contributed by atoms with Crippen LogP contribution >= 0.6 is 15.9 Å². The number of benzene rings is 2. The summed E-state index contributed by atoms with van der Waals surface area (Å²) in [6.45, 7) is 2.35. The molecule has 1 N–H and O–H groups in total. The summed E-state index contributed by atoms with van der Waals surface area (Å²) in [4.78, 5) is 11.2. The molecule has 0 spiro atoms. The van der Waals surface area contributed by atoms with Gasteiger partial charge in [-0.2, -0.15) is 0 Å². The Morgan fingerprint density at radius 3 is 2.68 bits per heavy atom. The third-order valence-corrected chi connectivity index (χ3v) is 3.31. The lowest BCUT2D eigenvalue weighted by Gasteiger charge is -2.11. The summed E-state index contributed by atoms with van der Waals surface area (Å²) in [7, 11) is 0. The van der Waals surface area contributed by atoms with Crippen LogP contribution in [0.3, 0.4) is 0 Å². The molecule has 2 aromatic rings. The molecule has 0 fully saturated rings. The summed E-state index contributed by atoms with van der Waals surface area (Å²) in [5, 5.41) is 9.14. The number of carbonyl (C=O) groups is 1. The third-order valence-electron chi connectivity index (χ3n) is 2.82. The van der Waals surface area contributed by atoms with Crippen molar-refractivity contribution in [2.45, 2.75) is 13.5 Å². The first-order valence-corrected chi connectivity index (χ1v) is 6.57. The van der Waals surface area contributed by atoms with Crippen molar-refractivity contribution in [3.63, 3.8) is 0 Å². The molecule has 2 aromatic carbocycles. The fourth-order valence-electron chi connectivity index (χ4n) is 1.72. The molecule has 98 valence electrons. The highest BCUT2D eigenvalue weighted by Gasteiger charge is 2.12. The van der Waals surface area contributed by atoms with Gasteiger partial charge in [0.2, 0.25) is 0 Å². The lowest BCUT2D eigenvalue weighted by molar-refractivity contribution is 0.0691. The summed E-state index contributed by atoms with van der Waals surface area (Å²) < 4.78 is 6.33. The first-order valence-electron chi connectivity index (χ1n) is 5.78. The van der Waals surface area contributed by atoms with Crippen LogP contribution in [0.5, 0.6) is 5.75 Å². The van der Waals surface area contributed by atoms with Gasteiger partial charge in [0, 0.05) is 4.47 Å². The highest BCUT2D eigenvalue weighted by Crippen LogP contribution is 2.24. The van der Waals surface area contributed by atoms with Gasteiger partial charge in [-0.1, -0.05) is 40.2 Å². The predicted octanol–water partition coefficient (Wildman–Crippen LogP) is 4.03. The van der Waals surface area contributed by atoms with Gasteiger partial charge in [-0.05, 0) is 36.2 Å². The smallest absolute Gasteiger partial charge is 0.339 e. The van der Waals surface area contributed by atoms with Crippen LogP contribution in [0.4, 0.5) is 0 Å². The molecule has 0 atom stereocenters. The fraction of sp³-hybridized carbons (Fsp3) is 0.133. The van der Waals surface area contributed by atoms with Crippen molar-refractivity contribution < 1.29 is 14.6 Å². The van der Waals surface area contributed by atoms with E-state index in [-0.39, 0.29) is 5.56 Å². The molecule has 0 saturated carbocycles. The van der Waals surface area contributed by atoms with E-state index in [0.29, 0.717) is 16.8 Å². The number of halogens is 1. The molecule has 0 aliphatic rings. The number of rotatable bonds is 4. The quantitative estimate of drug-likeness (QED) is 0.924. The van der Waals surface area contributed by atoms with Gasteiger partial charge in [-0.15, -0.1) is 0 Å². The Morgan fingerprint density at radius 1 is 1.26 bits per heavy atom. The summed E-state index contributed by atoms with van der Waals surface area (Å²) in [5.41, 5.74) is 2.32. The van der Waals surface area contributed by atoms with E-state index >= 15 is 0 Å². The Hall–Kier alpha value is -1.81. The van der Waals surface area contributed by atoms with Gasteiger partial charge in [-0.3, -0.25) is 0 Å². The van der Waals surface area contributed by atoms with E-state index in [4.69, 9.17) is 9.84 Å². The van der Waals surface area contributed by atoms with Crippen molar-refractivity contribution in [3.8, 4) is 5.75 Å². The molecule has 0 heterocycles. The van der Waals surface area contributed by atoms with Crippen molar-refractivity contribution in [1.29, 1.82) is 0 Å². The van der Waals surface area contributed by atoms with Crippen LogP contribution in [0, 0.1) is 6.92 Å². The molecular weight excluding hydrogens is 308 g/mol. The van der Waals surface area contributed by atoms with Crippen molar-refractivity contribution in [3.05, 3.63) is 63.6 Å². The van der Waals surface area contributed by atoms with Gasteiger partial charge in [0.25, 0.3) is 0 Å². The summed E-state index contributed by atoms with van der Waals surface area (Å²) in [6.07, 6.45) is 0. The minimum atomic E-state index is -0.999. The predicted molar refractivity (Wildman–Crippen MR) is 76.6 cm³/mol. The fourth-order valence-corrected chi connectivity index (χ4v) is 2.08. The summed E-state index contributed by atoms with van der Waals surface area (Å²) in [6, 6.07) is 12.8. The highest BCUT2D eigenvalue weighted by molar-refractivity contribution is 9.10. The summed E-state index contributed by atoms with van der Waals surface area (Å²) in [5.74, 6) is -0.625. The molecule has 4 heteroatoms. The third kappa shape index (κ3) is 3.35. The maximum absolute atomic E-state index is 11.2. The van der Waals surface area contributed by atoms with Crippen LogP contribution in [0.25, 0.3) is 0 Å². The molecule has 0 aliphatic heterocycles. The minimum absolute atomic E-state index is 0.156. The second-order valence-corrected chi connectivity index (χ2v) is 5.08. The molecule has 3 nitrogen and oxygen atoms in total. The van der Waals surface area contributed by atoms with Gasteiger partial charge < -0.3 is 9.84 Å². The van der Waals surface area contributed by atoms with Crippen molar-refractivity contribution in [2.75, 3.05) is 0 Å². The second kappa shape index (κ2) is 5.89. The Kier molecular flexibility index (Phi) is 4.22. The van der Waals surface area contributed by atoms with Crippen LogP contribution < -0.4 is 4.74 Å². The molecule has 0 aromatic heterocycles. The average molecular weight is 321 g/mol. The van der Waals surface area contributed by atoms with Gasteiger partial charge in [0.05, 0.1) is 0 Å². The molecule has 0 saturated heterocycles. The molecule has 0 radical (unpaired) electrons. The lowest BCUT2D eigenvalue weighted by Crippen LogP contribution is -2.04. The number of carboxylic acid groups (broad SMARTS) is 1. The van der Waals surface area contributed by atoms with Crippen LogP contribution in [-0.2, 0) is 6.61 Å². The van der Waals surface area contributed by atoms with E-state index in [1.54, 1.807) is 12.1 Å². The average Bonchev–Trinajstić information content (AvgIpc) is 2.38. The number of hydrogen-bond donors (Lipinski definition) is 1. The van der Waals surface area contributed by atoms with E-state index in [1.807, 2.05) is 31.2 Å². The van der Waals surface area contributed by atoms with Crippen molar-refractivity contribution in [2.24, 2.45) is 0 Å². The van der Waals surface area contributed by atoms with Gasteiger partial charge in [0.1, 0.15) is 17.9 Å². The van der Waals surface area contributed by atoms with E-state index in [2.05, 4.69) is 15.9 Å². The number of aryl methyl sites for hydroxylation is 1. The summed E-state index contributed by atoms with van der Waals surface area (Å²) >= 11 is 3.25. The lowest BCUT2D eigenvalue weighted by atomic mass is 10.1. The normalized spacial score (nSPS) is 10.2. The number of carboxylic acids is 1. The van der Waals surface area contributed by atoms with Crippen LogP contribution in [-0.4, -0.2) is 11.1 Å². The van der Waals surface area contributed by atoms with Crippen molar-refractivity contribution >= 4 is 21.9 Å². The molecule has 2 rings (SSSR count). The standard InChI is InChI=1S/C15H13BrO3/c1-10-4-2-3-5-11(10)9-19-14-7-6-12(16)8-13(14)15(17)18/h2-8H,9H2,1H3,(H,17,18). The molecular formula is C15H13BrO3. The first-order chi connectivity index (χ1) is 9.08. The van der Waals surface area contributed by atoms with E-state index in [0.717, 1.165) is 11.1 Å². The van der Waals surface area contributed by atoms with Gasteiger partial charge in [-0.25, -0.2) is 4.79 Å². The SMILES string of the molecule is Cc1ccccc1COc1ccc(Br)cc1C(=O)O. The van der Waals surface area contributed by atoms with Gasteiger partial charge >= 0.3 is 5.97 Å². The highest BCUT2D eigenvalue weighted by atomic mass is 79.9. The number of hydrogen-bond acceptors (Lipinski definition) is 2. The van der Waals surface area contributed by atoms with Crippen LogP contribution in [0.1, 0.15) is 21.5 Å². The Labute approximate surface area is 120 Å². The van der Waals surface area contributed by atoms with Crippen molar-refractivity contribution in [1.82, 2.24) is 0 Å². The maximum Gasteiger partial charge on any atom is 0.339 e.